The second kappa shape index (κ2) is 5.95. The third-order valence-corrected chi connectivity index (χ3v) is 3.11. The summed E-state index contributed by atoms with van der Waals surface area (Å²) < 4.78 is 8.97. The number of aromatic nitrogens is 2. The number of rotatable bonds is 5. The van der Waals surface area contributed by atoms with Crippen molar-refractivity contribution in [2.24, 2.45) is 0 Å². The highest BCUT2D eigenvalue weighted by Gasteiger charge is 2.19. The fourth-order valence-corrected chi connectivity index (χ4v) is 2.19. The molecule has 0 saturated heterocycles. The molecule has 0 aliphatic carbocycles. The van der Waals surface area contributed by atoms with Crippen molar-refractivity contribution in [3.8, 4) is 0 Å². The number of methoxy groups -OCH3 is 1. The molecule has 1 aromatic heterocycles. The van der Waals surface area contributed by atoms with E-state index in [9.17, 15) is 4.79 Å². The third-order valence-electron chi connectivity index (χ3n) is 2.34. The monoisotopic (exact) mass is 257 g/mol. The lowest BCUT2D eigenvalue weighted by Gasteiger charge is -2.24. The molecule has 0 aromatic carbocycles. The molecular weight excluding hydrogens is 238 g/mol. The van der Waals surface area contributed by atoms with Gasteiger partial charge in [0, 0.05) is 23.5 Å². The zero-order valence-electron chi connectivity index (χ0n) is 10.9. The molecule has 0 aliphatic heterocycles. The summed E-state index contributed by atoms with van der Waals surface area (Å²) in [6.45, 7) is 8.33. The quantitative estimate of drug-likeness (QED) is 0.756. The fraction of sp³-hybridized carbons (Fsp3) is 0.727. The van der Waals surface area contributed by atoms with Gasteiger partial charge in [0.2, 0.25) is 5.13 Å². The molecule has 0 atom stereocenters. The van der Waals surface area contributed by atoms with Gasteiger partial charge in [-0.15, -0.1) is 0 Å². The number of nitrogens with zero attached hydrogens (tertiary/aromatic N) is 3. The van der Waals surface area contributed by atoms with Crippen LogP contribution in [0.2, 0.25) is 0 Å². The summed E-state index contributed by atoms with van der Waals surface area (Å²) in [5.41, 5.74) is 0. The topological polar surface area (TPSA) is 55.3 Å². The first-order valence-corrected chi connectivity index (χ1v) is 6.40. The van der Waals surface area contributed by atoms with Gasteiger partial charge in [0.1, 0.15) is 12.4 Å². The van der Waals surface area contributed by atoms with E-state index in [0.29, 0.717) is 5.92 Å². The number of esters is 1. The zero-order valence-corrected chi connectivity index (χ0v) is 11.7. The summed E-state index contributed by atoms with van der Waals surface area (Å²) in [6, 6.07) is 0.182. The fourth-order valence-electron chi connectivity index (χ4n) is 1.25. The third kappa shape index (κ3) is 3.66. The van der Waals surface area contributed by atoms with Crippen LogP contribution in [-0.2, 0) is 9.53 Å². The predicted octanol–water partition coefficient (Wildman–Crippen LogP) is 2.05. The molecule has 96 valence electrons. The van der Waals surface area contributed by atoms with Crippen molar-refractivity contribution in [3.05, 3.63) is 5.82 Å². The Morgan fingerprint density at radius 2 is 2.06 bits per heavy atom. The summed E-state index contributed by atoms with van der Waals surface area (Å²) in [5.74, 6) is 0.854. The smallest absolute Gasteiger partial charge is 0.325 e. The molecule has 0 spiro atoms. The largest absolute Gasteiger partial charge is 0.468 e. The van der Waals surface area contributed by atoms with Gasteiger partial charge >= 0.3 is 5.97 Å². The molecule has 1 heterocycles. The Morgan fingerprint density at radius 1 is 1.41 bits per heavy atom. The number of hydrogen-bond donors (Lipinski definition) is 0. The van der Waals surface area contributed by atoms with Crippen molar-refractivity contribution in [1.82, 2.24) is 9.36 Å². The van der Waals surface area contributed by atoms with Crippen LogP contribution in [0, 0.1) is 0 Å². The van der Waals surface area contributed by atoms with Crippen molar-refractivity contribution in [2.75, 3.05) is 18.6 Å². The maximum absolute atomic E-state index is 11.3. The Balaban J connectivity index is 2.86. The minimum atomic E-state index is -0.264. The van der Waals surface area contributed by atoms with E-state index in [1.165, 1.54) is 18.6 Å². The van der Waals surface area contributed by atoms with Crippen LogP contribution in [0.1, 0.15) is 39.4 Å². The van der Waals surface area contributed by atoms with Crippen LogP contribution in [0.5, 0.6) is 0 Å². The molecule has 0 radical (unpaired) electrons. The maximum atomic E-state index is 11.3. The molecule has 0 bridgehead atoms. The molecule has 0 N–H and O–H groups in total. The Labute approximate surface area is 106 Å². The summed E-state index contributed by atoms with van der Waals surface area (Å²) in [5, 5.41) is 0.772. The van der Waals surface area contributed by atoms with E-state index in [2.05, 4.69) is 14.1 Å². The average molecular weight is 257 g/mol. The van der Waals surface area contributed by atoms with Crippen molar-refractivity contribution in [3.63, 3.8) is 0 Å². The normalized spacial score (nSPS) is 11.0. The standard InChI is InChI=1S/C11H19N3O2S/c1-7(2)10-12-11(17-13-10)14(8(3)4)6-9(15)16-5/h7-8H,6H2,1-5H3. The summed E-state index contributed by atoms with van der Waals surface area (Å²) in [6.07, 6.45) is 0. The van der Waals surface area contributed by atoms with Gasteiger partial charge in [-0.05, 0) is 13.8 Å². The SMILES string of the molecule is COC(=O)CN(c1nc(C(C)C)ns1)C(C)C. The lowest BCUT2D eigenvalue weighted by atomic mass is 10.2. The van der Waals surface area contributed by atoms with Crippen molar-refractivity contribution in [2.45, 2.75) is 39.7 Å². The molecule has 0 fully saturated rings. The van der Waals surface area contributed by atoms with Gasteiger partial charge < -0.3 is 9.64 Å². The van der Waals surface area contributed by atoms with Crippen LogP contribution in [-0.4, -0.2) is 35.0 Å². The Hall–Kier alpha value is -1.17. The van der Waals surface area contributed by atoms with Gasteiger partial charge in [-0.25, -0.2) is 4.98 Å². The predicted molar refractivity (Wildman–Crippen MR) is 68.5 cm³/mol. The number of carbonyl (C=O) groups is 1. The van der Waals surface area contributed by atoms with E-state index in [0.717, 1.165) is 11.0 Å². The van der Waals surface area contributed by atoms with Crippen LogP contribution in [0.25, 0.3) is 0 Å². The Kier molecular flexibility index (Phi) is 4.86. The summed E-state index contributed by atoms with van der Waals surface area (Å²) >= 11 is 1.32. The molecule has 0 aliphatic rings. The highest BCUT2D eigenvalue weighted by Crippen LogP contribution is 2.22. The van der Waals surface area contributed by atoms with Crippen LogP contribution in [0.3, 0.4) is 0 Å². The first kappa shape index (κ1) is 13.9. The van der Waals surface area contributed by atoms with Crippen LogP contribution in [0.4, 0.5) is 5.13 Å². The lowest BCUT2D eigenvalue weighted by Crippen LogP contribution is -2.36. The highest BCUT2D eigenvalue weighted by molar-refractivity contribution is 7.09. The first-order valence-electron chi connectivity index (χ1n) is 5.62. The van der Waals surface area contributed by atoms with Gasteiger partial charge in [0.05, 0.1) is 7.11 Å². The molecule has 6 heteroatoms. The molecule has 0 saturated carbocycles. The lowest BCUT2D eigenvalue weighted by molar-refractivity contribution is -0.139. The van der Waals surface area contributed by atoms with E-state index in [1.54, 1.807) is 0 Å². The summed E-state index contributed by atoms with van der Waals surface area (Å²) in [7, 11) is 1.39. The maximum Gasteiger partial charge on any atom is 0.325 e. The zero-order chi connectivity index (χ0) is 13.0. The summed E-state index contributed by atoms with van der Waals surface area (Å²) in [4.78, 5) is 17.7. The van der Waals surface area contributed by atoms with E-state index >= 15 is 0 Å². The molecule has 1 aromatic rings. The van der Waals surface area contributed by atoms with Gasteiger partial charge in [-0.3, -0.25) is 4.79 Å². The van der Waals surface area contributed by atoms with Crippen molar-refractivity contribution in [1.29, 1.82) is 0 Å². The van der Waals surface area contributed by atoms with Gasteiger partial charge in [0.15, 0.2) is 0 Å². The Morgan fingerprint density at radius 3 is 2.47 bits per heavy atom. The molecule has 0 amide bonds. The van der Waals surface area contributed by atoms with Gasteiger partial charge in [-0.1, -0.05) is 13.8 Å². The number of carbonyl (C=O) groups excluding carboxylic acids is 1. The van der Waals surface area contributed by atoms with E-state index in [4.69, 9.17) is 0 Å². The van der Waals surface area contributed by atoms with Crippen LogP contribution in [0.15, 0.2) is 0 Å². The average Bonchev–Trinajstić information content (AvgIpc) is 2.74. The van der Waals surface area contributed by atoms with Gasteiger partial charge in [-0.2, -0.15) is 4.37 Å². The molecule has 0 unspecified atom stereocenters. The number of ether oxygens (including phenoxy) is 1. The number of hydrogen-bond acceptors (Lipinski definition) is 6. The van der Waals surface area contributed by atoms with E-state index < -0.39 is 0 Å². The van der Waals surface area contributed by atoms with Crippen molar-refractivity contribution < 1.29 is 9.53 Å². The minimum absolute atomic E-state index is 0.182. The molecule has 17 heavy (non-hydrogen) atoms. The molecular formula is C11H19N3O2S. The Bertz CT molecular complexity index is 377. The molecule has 5 nitrogen and oxygen atoms in total. The second-order valence-corrected chi connectivity index (χ2v) is 5.12. The molecule has 1 rings (SSSR count). The van der Waals surface area contributed by atoms with Crippen LogP contribution >= 0.6 is 11.5 Å². The van der Waals surface area contributed by atoms with E-state index in [-0.39, 0.29) is 18.6 Å². The second-order valence-electron chi connectivity index (χ2n) is 4.39. The first-order chi connectivity index (χ1) is 7.95. The van der Waals surface area contributed by atoms with E-state index in [1.807, 2.05) is 32.6 Å². The number of anilines is 1. The van der Waals surface area contributed by atoms with Crippen molar-refractivity contribution >= 4 is 22.6 Å². The van der Waals surface area contributed by atoms with Gasteiger partial charge in [0.25, 0.3) is 0 Å². The highest BCUT2D eigenvalue weighted by atomic mass is 32.1. The minimum Gasteiger partial charge on any atom is -0.468 e. The van der Waals surface area contributed by atoms with Crippen LogP contribution < -0.4 is 4.90 Å².